The minimum Gasteiger partial charge on any atom is -0.378 e. The predicted octanol–water partition coefficient (Wildman–Crippen LogP) is 3.36. The molecule has 1 saturated heterocycles. The summed E-state index contributed by atoms with van der Waals surface area (Å²) in [5.41, 5.74) is 0.684. The molecule has 0 amide bonds. The van der Waals surface area contributed by atoms with Crippen LogP contribution in [0, 0.1) is 0 Å². The number of nitrogens with one attached hydrogen (secondary N) is 1. The Kier molecular flexibility index (Phi) is 4.43. The zero-order valence-electron chi connectivity index (χ0n) is 11.2. The molecule has 0 unspecified atom stereocenters. The summed E-state index contributed by atoms with van der Waals surface area (Å²) in [6, 6.07) is 7.28. The summed E-state index contributed by atoms with van der Waals surface area (Å²) in [5, 5.41) is 4.05. The molecule has 0 bridgehead atoms. The van der Waals surface area contributed by atoms with Crippen LogP contribution in [0.3, 0.4) is 0 Å². The highest BCUT2D eigenvalue weighted by atomic mass is 35.5. The van der Waals surface area contributed by atoms with E-state index in [0.29, 0.717) is 34.9 Å². The fourth-order valence-corrected chi connectivity index (χ4v) is 2.45. The fraction of sp³-hybridized carbons (Fsp3) is 0.286. The number of hydrogen-bond acceptors (Lipinski definition) is 5. The molecule has 3 rings (SSSR count). The topological polar surface area (TPSA) is 50.3 Å². The van der Waals surface area contributed by atoms with Gasteiger partial charge in [-0.2, -0.15) is 4.98 Å². The molecule has 0 saturated carbocycles. The van der Waals surface area contributed by atoms with Crippen molar-refractivity contribution in [2.24, 2.45) is 0 Å². The summed E-state index contributed by atoms with van der Waals surface area (Å²) in [6.45, 7) is 3.09. The average molecular weight is 325 g/mol. The molecule has 1 aliphatic heterocycles. The van der Waals surface area contributed by atoms with Crippen molar-refractivity contribution < 1.29 is 4.74 Å². The Morgan fingerprint density at radius 3 is 2.76 bits per heavy atom. The molecule has 110 valence electrons. The maximum Gasteiger partial charge on any atom is 0.229 e. The second kappa shape index (κ2) is 6.47. The van der Waals surface area contributed by atoms with Crippen molar-refractivity contribution in [3.63, 3.8) is 0 Å². The van der Waals surface area contributed by atoms with Crippen LogP contribution in [-0.4, -0.2) is 36.3 Å². The van der Waals surface area contributed by atoms with Crippen LogP contribution in [0.2, 0.25) is 10.0 Å². The molecule has 21 heavy (non-hydrogen) atoms. The first kappa shape index (κ1) is 14.4. The lowest BCUT2D eigenvalue weighted by atomic mass is 10.3. The van der Waals surface area contributed by atoms with E-state index < -0.39 is 0 Å². The molecule has 1 aliphatic rings. The number of hydrogen-bond donors (Lipinski definition) is 1. The largest absolute Gasteiger partial charge is 0.378 e. The standard InChI is InChI=1S/C14H14Cl2N4O/c15-10-2-1-3-11(13(10)16)18-14-17-5-4-12(19-14)20-6-8-21-9-7-20/h1-5H,6-9H2,(H,17,18,19). The average Bonchev–Trinajstić information content (AvgIpc) is 2.53. The first-order valence-corrected chi connectivity index (χ1v) is 7.36. The van der Waals surface area contributed by atoms with Gasteiger partial charge in [-0.05, 0) is 18.2 Å². The Morgan fingerprint density at radius 1 is 1.14 bits per heavy atom. The molecule has 1 aromatic heterocycles. The minimum atomic E-state index is 0.458. The quantitative estimate of drug-likeness (QED) is 0.938. The van der Waals surface area contributed by atoms with Crippen molar-refractivity contribution in [3.05, 3.63) is 40.5 Å². The molecule has 1 fully saturated rings. The molecule has 0 radical (unpaired) electrons. The normalized spacial score (nSPS) is 15.0. The lowest BCUT2D eigenvalue weighted by Crippen LogP contribution is -2.36. The third-order valence-corrected chi connectivity index (χ3v) is 3.99. The summed E-state index contributed by atoms with van der Waals surface area (Å²) in [5.74, 6) is 1.36. The number of rotatable bonds is 3. The van der Waals surface area contributed by atoms with Crippen LogP contribution in [0.1, 0.15) is 0 Å². The van der Waals surface area contributed by atoms with Gasteiger partial charge in [-0.1, -0.05) is 29.3 Å². The molecule has 0 atom stereocenters. The lowest BCUT2D eigenvalue weighted by Gasteiger charge is -2.27. The first-order chi connectivity index (χ1) is 10.2. The van der Waals surface area contributed by atoms with Crippen molar-refractivity contribution in [2.45, 2.75) is 0 Å². The third-order valence-electron chi connectivity index (χ3n) is 3.17. The predicted molar refractivity (Wildman–Crippen MR) is 84.8 cm³/mol. The van der Waals surface area contributed by atoms with Gasteiger partial charge < -0.3 is 15.0 Å². The first-order valence-electron chi connectivity index (χ1n) is 6.61. The van der Waals surface area contributed by atoms with E-state index in [1.165, 1.54) is 0 Å². The van der Waals surface area contributed by atoms with E-state index in [1.807, 2.05) is 18.2 Å². The third kappa shape index (κ3) is 3.37. The maximum absolute atomic E-state index is 6.15. The summed E-state index contributed by atoms with van der Waals surface area (Å²) >= 11 is 12.2. The number of benzene rings is 1. The number of morpholine rings is 1. The number of aromatic nitrogens is 2. The Bertz CT molecular complexity index is 632. The smallest absolute Gasteiger partial charge is 0.229 e. The van der Waals surface area contributed by atoms with Gasteiger partial charge in [0.2, 0.25) is 5.95 Å². The summed E-state index contributed by atoms with van der Waals surface area (Å²) in [6.07, 6.45) is 1.72. The molecule has 2 heterocycles. The van der Waals surface area contributed by atoms with E-state index in [-0.39, 0.29) is 0 Å². The zero-order chi connectivity index (χ0) is 14.7. The van der Waals surface area contributed by atoms with Crippen LogP contribution in [0.25, 0.3) is 0 Å². The van der Waals surface area contributed by atoms with E-state index in [1.54, 1.807) is 12.3 Å². The molecule has 0 spiro atoms. The molecule has 7 heteroatoms. The van der Waals surface area contributed by atoms with Crippen molar-refractivity contribution in [1.29, 1.82) is 0 Å². The van der Waals surface area contributed by atoms with Gasteiger partial charge in [0, 0.05) is 19.3 Å². The van der Waals surface area contributed by atoms with Gasteiger partial charge in [-0.25, -0.2) is 4.98 Å². The highest BCUT2D eigenvalue weighted by molar-refractivity contribution is 6.43. The minimum absolute atomic E-state index is 0.458. The molecule has 1 N–H and O–H groups in total. The molecule has 2 aromatic rings. The number of anilines is 3. The van der Waals surface area contributed by atoms with Crippen molar-refractivity contribution in [3.8, 4) is 0 Å². The van der Waals surface area contributed by atoms with Crippen molar-refractivity contribution in [2.75, 3.05) is 36.5 Å². The summed E-state index contributed by atoms with van der Waals surface area (Å²) < 4.78 is 5.34. The monoisotopic (exact) mass is 324 g/mol. The molecule has 5 nitrogen and oxygen atoms in total. The van der Waals surface area contributed by atoms with Gasteiger partial charge in [0.15, 0.2) is 0 Å². The van der Waals surface area contributed by atoms with E-state index in [2.05, 4.69) is 20.2 Å². The lowest BCUT2D eigenvalue weighted by molar-refractivity contribution is 0.122. The Hall–Kier alpha value is -1.56. The van der Waals surface area contributed by atoms with Crippen LogP contribution in [-0.2, 0) is 4.74 Å². The van der Waals surface area contributed by atoms with E-state index in [9.17, 15) is 0 Å². The van der Waals surface area contributed by atoms with Crippen LogP contribution >= 0.6 is 23.2 Å². The van der Waals surface area contributed by atoms with Crippen LogP contribution in [0.5, 0.6) is 0 Å². The van der Waals surface area contributed by atoms with E-state index in [4.69, 9.17) is 27.9 Å². The molecular weight excluding hydrogens is 311 g/mol. The highest BCUT2D eigenvalue weighted by Gasteiger charge is 2.13. The molecule has 1 aromatic carbocycles. The van der Waals surface area contributed by atoms with Crippen molar-refractivity contribution >= 4 is 40.7 Å². The Balaban J connectivity index is 1.81. The molecule has 0 aliphatic carbocycles. The highest BCUT2D eigenvalue weighted by Crippen LogP contribution is 2.31. The van der Waals surface area contributed by atoms with Gasteiger partial charge in [0.25, 0.3) is 0 Å². The van der Waals surface area contributed by atoms with Crippen LogP contribution in [0.4, 0.5) is 17.5 Å². The van der Waals surface area contributed by atoms with Crippen LogP contribution < -0.4 is 10.2 Å². The van der Waals surface area contributed by atoms with E-state index >= 15 is 0 Å². The second-order valence-electron chi connectivity index (χ2n) is 4.56. The van der Waals surface area contributed by atoms with Crippen LogP contribution in [0.15, 0.2) is 30.5 Å². The van der Waals surface area contributed by atoms with Gasteiger partial charge in [0.1, 0.15) is 5.82 Å². The van der Waals surface area contributed by atoms with E-state index in [0.717, 1.165) is 18.9 Å². The maximum atomic E-state index is 6.15. The Morgan fingerprint density at radius 2 is 1.95 bits per heavy atom. The van der Waals surface area contributed by atoms with Gasteiger partial charge in [-0.15, -0.1) is 0 Å². The summed E-state index contributed by atoms with van der Waals surface area (Å²) in [4.78, 5) is 10.9. The number of halogens is 2. The molecular formula is C14H14Cl2N4O. The zero-order valence-corrected chi connectivity index (χ0v) is 12.7. The van der Waals surface area contributed by atoms with Gasteiger partial charge >= 0.3 is 0 Å². The van der Waals surface area contributed by atoms with Gasteiger partial charge in [-0.3, -0.25) is 0 Å². The number of nitrogens with zero attached hydrogens (tertiary/aromatic N) is 3. The Labute approximate surface area is 132 Å². The van der Waals surface area contributed by atoms with Gasteiger partial charge in [0.05, 0.1) is 28.9 Å². The van der Waals surface area contributed by atoms with Crippen molar-refractivity contribution in [1.82, 2.24) is 9.97 Å². The second-order valence-corrected chi connectivity index (χ2v) is 5.35. The summed E-state index contributed by atoms with van der Waals surface area (Å²) in [7, 11) is 0. The number of ether oxygens (including phenoxy) is 1. The fourth-order valence-electron chi connectivity index (χ4n) is 2.10. The SMILES string of the molecule is Clc1cccc(Nc2nccc(N3CCOCC3)n2)c1Cl.